The highest BCUT2D eigenvalue weighted by Gasteiger charge is 2.17. The molecule has 1 saturated heterocycles. The number of pyridine rings is 1. The lowest BCUT2D eigenvalue weighted by Gasteiger charge is -2.29. The maximum absolute atomic E-state index is 11.0. The van der Waals surface area contributed by atoms with E-state index in [1.54, 1.807) is 17.1 Å². The molecule has 0 bridgehead atoms. The summed E-state index contributed by atoms with van der Waals surface area (Å²) in [6, 6.07) is 3.93. The van der Waals surface area contributed by atoms with Crippen LogP contribution in [0.2, 0.25) is 0 Å². The number of hydrogen-bond acceptors (Lipinski definition) is 5. The van der Waals surface area contributed by atoms with Crippen molar-refractivity contribution in [2.75, 3.05) is 31.2 Å². The van der Waals surface area contributed by atoms with Gasteiger partial charge in [-0.05, 0) is 19.1 Å². The van der Waals surface area contributed by atoms with E-state index in [-0.39, 0.29) is 0 Å². The molecule has 0 saturated carbocycles. The Morgan fingerprint density at radius 3 is 2.85 bits per heavy atom. The van der Waals surface area contributed by atoms with Crippen LogP contribution in [0.4, 0.5) is 5.69 Å². The molecule has 1 aliphatic heterocycles. The fourth-order valence-corrected chi connectivity index (χ4v) is 2.31. The van der Waals surface area contributed by atoms with Gasteiger partial charge >= 0.3 is 0 Å². The van der Waals surface area contributed by atoms with Gasteiger partial charge in [-0.15, -0.1) is 0 Å². The zero-order valence-corrected chi connectivity index (χ0v) is 11.3. The molecule has 2 aromatic heterocycles. The number of hydrogen-bond donors (Lipinski definition) is 0. The van der Waals surface area contributed by atoms with Gasteiger partial charge in [0.15, 0.2) is 12.1 Å². The third-order valence-electron chi connectivity index (χ3n) is 3.40. The first-order valence-electron chi connectivity index (χ1n) is 6.59. The van der Waals surface area contributed by atoms with E-state index in [1.165, 1.54) is 0 Å². The van der Waals surface area contributed by atoms with Gasteiger partial charge in [0.2, 0.25) is 0 Å². The number of aromatic nitrogens is 3. The molecule has 1 fully saturated rings. The van der Waals surface area contributed by atoms with E-state index in [9.17, 15) is 4.79 Å². The molecule has 3 rings (SSSR count). The van der Waals surface area contributed by atoms with Gasteiger partial charge in [0.1, 0.15) is 0 Å². The summed E-state index contributed by atoms with van der Waals surface area (Å²) in [5.74, 6) is 0.741. The highest BCUT2D eigenvalue weighted by atomic mass is 16.5. The molecular formula is C14H16N4O2. The maximum Gasteiger partial charge on any atom is 0.177 e. The molecule has 6 nitrogen and oxygen atoms in total. The van der Waals surface area contributed by atoms with Crippen LogP contribution < -0.4 is 4.90 Å². The number of aldehydes is 1. The van der Waals surface area contributed by atoms with Crippen molar-refractivity contribution in [3.8, 4) is 5.82 Å². The summed E-state index contributed by atoms with van der Waals surface area (Å²) in [6.07, 6.45) is 4.27. The molecule has 20 heavy (non-hydrogen) atoms. The molecule has 0 unspecified atom stereocenters. The Labute approximate surface area is 117 Å². The minimum atomic E-state index is 0.587. The molecule has 1 aliphatic rings. The Hall–Kier alpha value is -2.21. The molecule has 0 radical (unpaired) electrons. The predicted octanol–water partition coefficient (Wildman–Crippen LogP) is 1.22. The summed E-state index contributed by atoms with van der Waals surface area (Å²) in [4.78, 5) is 17.6. The first-order chi connectivity index (χ1) is 9.79. The minimum Gasteiger partial charge on any atom is -0.378 e. The van der Waals surface area contributed by atoms with Crippen molar-refractivity contribution in [3.63, 3.8) is 0 Å². The lowest BCUT2D eigenvalue weighted by Crippen LogP contribution is -2.37. The van der Waals surface area contributed by atoms with Gasteiger partial charge in [-0.25, -0.2) is 9.67 Å². The van der Waals surface area contributed by atoms with Crippen LogP contribution in [-0.4, -0.2) is 47.4 Å². The third kappa shape index (κ3) is 2.30. The van der Waals surface area contributed by atoms with E-state index in [2.05, 4.69) is 15.0 Å². The Morgan fingerprint density at radius 1 is 1.35 bits per heavy atom. The summed E-state index contributed by atoms with van der Waals surface area (Å²) in [6.45, 7) is 4.91. The molecule has 0 atom stereocenters. The van der Waals surface area contributed by atoms with Crippen LogP contribution in [-0.2, 0) is 4.74 Å². The van der Waals surface area contributed by atoms with Crippen molar-refractivity contribution in [1.82, 2.24) is 14.8 Å². The number of carbonyl (C=O) groups is 1. The second-order valence-corrected chi connectivity index (χ2v) is 4.68. The lowest BCUT2D eigenvalue weighted by molar-refractivity contribution is 0.112. The molecule has 2 aromatic rings. The SMILES string of the molecule is Cc1nn(-c2ncccc2N2CCOCC2)cc1C=O. The Kier molecular flexibility index (Phi) is 3.47. The van der Waals surface area contributed by atoms with E-state index in [1.807, 2.05) is 19.1 Å². The molecule has 0 spiro atoms. The van der Waals surface area contributed by atoms with Gasteiger partial charge in [0.05, 0.1) is 30.2 Å². The molecule has 0 amide bonds. The molecule has 104 valence electrons. The molecule has 0 N–H and O–H groups in total. The topological polar surface area (TPSA) is 60.3 Å². The van der Waals surface area contributed by atoms with E-state index in [0.29, 0.717) is 24.5 Å². The van der Waals surface area contributed by atoms with Crippen molar-refractivity contribution in [3.05, 3.63) is 35.8 Å². The van der Waals surface area contributed by atoms with Gasteiger partial charge in [-0.2, -0.15) is 5.10 Å². The van der Waals surface area contributed by atoms with Gasteiger partial charge in [-0.1, -0.05) is 0 Å². The average molecular weight is 272 g/mol. The first-order valence-corrected chi connectivity index (χ1v) is 6.59. The van der Waals surface area contributed by atoms with E-state index < -0.39 is 0 Å². The molecular weight excluding hydrogens is 256 g/mol. The zero-order chi connectivity index (χ0) is 13.9. The standard InChI is InChI=1S/C14H16N4O2/c1-11-12(10-19)9-18(16-11)14-13(3-2-4-15-14)17-5-7-20-8-6-17/h2-4,9-10H,5-8H2,1H3. The number of rotatable bonds is 3. The number of aryl methyl sites for hydroxylation is 1. The van der Waals surface area contributed by atoms with Crippen LogP contribution in [0.25, 0.3) is 5.82 Å². The van der Waals surface area contributed by atoms with E-state index in [4.69, 9.17) is 4.74 Å². The molecule has 0 aliphatic carbocycles. The Bertz CT molecular complexity index is 617. The molecule has 6 heteroatoms. The highest BCUT2D eigenvalue weighted by molar-refractivity contribution is 5.76. The van der Waals surface area contributed by atoms with Crippen molar-refractivity contribution < 1.29 is 9.53 Å². The number of nitrogens with zero attached hydrogens (tertiary/aromatic N) is 4. The van der Waals surface area contributed by atoms with Crippen LogP contribution in [0.3, 0.4) is 0 Å². The third-order valence-corrected chi connectivity index (χ3v) is 3.40. The second-order valence-electron chi connectivity index (χ2n) is 4.68. The van der Waals surface area contributed by atoms with Crippen molar-refractivity contribution >= 4 is 12.0 Å². The van der Waals surface area contributed by atoms with Gasteiger partial charge in [0, 0.05) is 25.5 Å². The summed E-state index contributed by atoms with van der Waals surface area (Å²) in [5, 5.41) is 4.37. The van der Waals surface area contributed by atoms with Crippen molar-refractivity contribution in [2.45, 2.75) is 6.92 Å². The summed E-state index contributed by atoms with van der Waals surface area (Å²) in [5.41, 5.74) is 2.30. The molecule has 0 aromatic carbocycles. The fraction of sp³-hybridized carbons (Fsp3) is 0.357. The van der Waals surface area contributed by atoms with Crippen molar-refractivity contribution in [2.24, 2.45) is 0 Å². The summed E-state index contributed by atoms with van der Waals surface area (Å²) in [7, 11) is 0. The zero-order valence-electron chi connectivity index (χ0n) is 11.3. The van der Waals surface area contributed by atoms with E-state index >= 15 is 0 Å². The predicted molar refractivity (Wildman–Crippen MR) is 74.5 cm³/mol. The lowest BCUT2D eigenvalue weighted by atomic mass is 10.3. The maximum atomic E-state index is 11.0. The van der Waals surface area contributed by atoms with Crippen LogP contribution in [0.1, 0.15) is 16.1 Å². The fourth-order valence-electron chi connectivity index (χ4n) is 2.31. The number of carbonyl (C=O) groups excluding carboxylic acids is 1. The number of ether oxygens (including phenoxy) is 1. The number of anilines is 1. The van der Waals surface area contributed by atoms with Crippen LogP contribution in [0, 0.1) is 6.92 Å². The van der Waals surface area contributed by atoms with Gasteiger partial charge < -0.3 is 9.64 Å². The van der Waals surface area contributed by atoms with Crippen LogP contribution in [0.5, 0.6) is 0 Å². The van der Waals surface area contributed by atoms with Crippen LogP contribution >= 0.6 is 0 Å². The first kappa shape index (κ1) is 12.8. The highest BCUT2D eigenvalue weighted by Crippen LogP contribution is 2.23. The molecule has 3 heterocycles. The van der Waals surface area contributed by atoms with Gasteiger partial charge in [0.25, 0.3) is 0 Å². The summed E-state index contributed by atoms with van der Waals surface area (Å²) >= 11 is 0. The quantitative estimate of drug-likeness (QED) is 0.786. The van der Waals surface area contributed by atoms with Gasteiger partial charge in [-0.3, -0.25) is 4.79 Å². The normalized spacial score (nSPS) is 15.3. The Morgan fingerprint density at radius 2 is 2.15 bits per heavy atom. The Balaban J connectivity index is 2.01. The van der Waals surface area contributed by atoms with Crippen molar-refractivity contribution in [1.29, 1.82) is 0 Å². The monoisotopic (exact) mass is 272 g/mol. The smallest absolute Gasteiger partial charge is 0.177 e. The minimum absolute atomic E-state index is 0.587. The average Bonchev–Trinajstić information content (AvgIpc) is 2.89. The van der Waals surface area contributed by atoms with Crippen LogP contribution in [0.15, 0.2) is 24.5 Å². The van der Waals surface area contributed by atoms with E-state index in [0.717, 1.165) is 30.9 Å². The second kappa shape index (κ2) is 5.42. The largest absolute Gasteiger partial charge is 0.378 e. The summed E-state index contributed by atoms with van der Waals surface area (Å²) < 4.78 is 7.05. The number of morpholine rings is 1.